The van der Waals surface area contributed by atoms with E-state index in [9.17, 15) is 14.4 Å². The molecule has 1 aliphatic rings. The maximum atomic E-state index is 11.8. The molecule has 0 spiro atoms. The molecule has 0 radical (unpaired) electrons. The normalized spacial score (nSPS) is 12.3. The Balaban J connectivity index is 1.44. The molecule has 2 heterocycles. The number of benzene rings is 1. The topological polar surface area (TPSA) is 118 Å². The largest absolute Gasteiger partial charge is 0.482 e. The van der Waals surface area contributed by atoms with Crippen LogP contribution in [0.1, 0.15) is 17.5 Å². The van der Waals surface area contributed by atoms with Gasteiger partial charge in [0.15, 0.2) is 13.2 Å². The Kier molecular flexibility index (Phi) is 5.68. The van der Waals surface area contributed by atoms with Crippen LogP contribution in [0.5, 0.6) is 5.75 Å². The summed E-state index contributed by atoms with van der Waals surface area (Å²) in [5, 5.41) is 16.3. The monoisotopic (exact) mass is 385 g/mol. The number of hydrogen-bond donors (Lipinski definition) is 2. The van der Waals surface area contributed by atoms with Gasteiger partial charge in [-0.3, -0.25) is 9.59 Å². The Morgan fingerprint density at radius 3 is 2.93 bits per heavy atom. The van der Waals surface area contributed by atoms with Gasteiger partial charge >= 0.3 is 5.97 Å². The summed E-state index contributed by atoms with van der Waals surface area (Å²) in [6.45, 7) is -0.817. The highest BCUT2D eigenvalue weighted by atomic mass is 32.1. The third-order valence-electron chi connectivity index (χ3n) is 3.73. The van der Waals surface area contributed by atoms with Crippen LogP contribution in [-0.4, -0.2) is 31.0 Å². The molecule has 3 rings (SSSR count). The van der Waals surface area contributed by atoms with E-state index < -0.39 is 18.5 Å². The van der Waals surface area contributed by atoms with Gasteiger partial charge < -0.3 is 20.1 Å². The SMILES string of the molecule is N#Cc1ccsc1NC(=O)COC(=O)COc1ccc2c(c1)CCC(=O)N2. The summed E-state index contributed by atoms with van der Waals surface area (Å²) in [6.07, 6.45) is 1.02. The molecule has 0 atom stereocenters. The fraction of sp³-hybridized carbons (Fsp3) is 0.222. The number of nitrogens with one attached hydrogen (secondary N) is 2. The van der Waals surface area contributed by atoms with Crippen LogP contribution in [0.15, 0.2) is 29.6 Å². The average molecular weight is 385 g/mol. The number of carbonyl (C=O) groups excluding carboxylic acids is 3. The van der Waals surface area contributed by atoms with E-state index in [1.807, 2.05) is 6.07 Å². The lowest BCUT2D eigenvalue weighted by Crippen LogP contribution is -2.23. The Bertz CT molecular complexity index is 931. The van der Waals surface area contributed by atoms with Crippen LogP contribution in [0, 0.1) is 11.3 Å². The minimum atomic E-state index is -0.692. The third-order valence-corrected chi connectivity index (χ3v) is 4.56. The number of anilines is 2. The van der Waals surface area contributed by atoms with Gasteiger partial charge in [-0.1, -0.05) is 0 Å². The van der Waals surface area contributed by atoms with Crippen molar-refractivity contribution in [2.75, 3.05) is 23.8 Å². The smallest absolute Gasteiger partial charge is 0.344 e. The first-order chi connectivity index (χ1) is 13.0. The maximum absolute atomic E-state index is 11.8. The van der Waals surface area contributed by atoms with Crippen LogP contribution < -0.4 is 15.4 Å². The van der Waals surface area contributed by atoms with Gasteiger partial charge in [0.1, 0.15) is 16.8 Å². The molecule has 138 valence electrons. The minimum absolute atomic E-state index is 0.0255. The number of nitriles is 1. The first-order valence-corrected chi connectivity index (χ1v) is 8.92. The van der Waals surface area contributed by atoms with Gasteiger partial charge in [-0.15, -0.1) is 11.3 Å². The fourth-order valence-corrected chi connectivity index (χ4v) is 3.19. The van der Waals surface area contributed by atoms with E-state index in [2.05, 4.69) is 10.6 Å². The van der Waals surface area contributed by atoms with Crippen LogP contribution in [0.25, 0.3) is 0 Å². The molecule has 0 bridgehead atoms. The summed E-state index contributed by atoms with van der Waals surface area (Å²) in [7, 11) is 0. The summed E-state index contributed by atoms with van der Waals surface area (Å²) in [5.74, 6) is -0.777. The van der Waals surface area contributed by atoms with Crippen molar-refractivity contribution in [2.45, 2.75) is 12.8 Å². The van der Waals surface area contributed by atoms with Crippen molar-refractivity contribution in [2.24, 2.45) is 0 Å². The number of aryl methyl sites for hydroxylation is 1. The zero-order valence-corrected chi connectivity index (χ0v) is 14.9. The molecular weight excluding hydrogens is 370 g/mol. The Morgan fingerprint density at radius 1 is 1.26 bits per heavy atom. The lowest BCUT2D eigenvalue weighted by molar-refractivity contribution is -0.149. The van der Waals surface area contributed by atoms with Gasteiger partial charge in [-0.2, -0.15) is 5.26 Å². The summed E-state index contributed by atoms with van der Waals surface area (Å²) in [5.41, 5.74) is 2.03. The molecule has 27 heavy (non-hydrogen) atoms. The van der Waals surface area contributed by atoms with Gasteiger partial charge in [0, 0.05) is 12.1 Å². The maximum Gasteiger partial charge on any atom is 0.344 e. The number of hydrogen-bond acceptors (Lipinski definition) is 7. The second-order valence-corrected chi connectivity index (χ2v) is 6.56. The van der Waals surface area contributed by atoms with Gasteiger partial charge in [0.25, 0.3) is 5.91 Å². The van der Waals surface area contributed by atoms with Crippen LogP contribution >= 0.6 is 11.3 Å². The Labute approximate surface area is 158 Å². The number of thiophene rings is 1. The van der Waals surface area contributed by atoms with Crippen LogP contribution in [0.2, 0.25) is 0 Å². The number of esters is 1. The molecule has 9 heteroatoms. The van der Waals surface area contributed by atoms with Gasteiger partial charge in [0.05, 0.1) is 5.56 Å². The van der Waals surface area contributed by atoms with Crippen molar-refractivity contribution >= 4 is 39.8 Å². The molecule has 0 fully saturated rings. The molecule has 0 saturated carbocycles. The van der Waals surface area contributed by atoms with Crippen molar-refractivity contribution in [1.82, 2.24) is 0 Å². The second-order valence-electron chi connectivity index (χ2n) is 5.64. The first-order valence-electron chi connectivity index (χ1n) is 8.04. The van der Waals surface area contributed by atoms with E-state index in [4.69, 9.17) is 14.7 Å². The standard InChI is InChI=1S/C18H15N3O5S/c19-8-12-5-6-27-18(12)21-16(23)9-26-17(24)10-25-13-2-3-14-11(7-13)1-4-15(22)20-14/h2-3,5-7H,1,4,9-10H2,(H,20,22)(H,21,23). The van der Waals surface area contributed by atoms with E-state index in [1.54, 1.807) is 29.6 Å². The number of nitrogens with zero attached hydrogens (tertiary/aromatic N) is 1. The van der Waals surface area contributed by atoms with Crippen LogP contribution in [-0.2, 0) is 25.5 Å². The van der Waals surface area contributed by atoms with E-state index >= 15 is 0 Å². The van der Waals surface area contributed by atoms with Gasteiger partial charge in [-0.05, 0) is 41.6 Å². The van der Waals surface area contributed by atoms with Gasteiger partial charge in [0.2, 0.25) is 5.91 Å². The Hall–Kier alpha value is -3.38. The molecule has 8 nitrogen and oxygen atoms in total. The highest BCUT2D eigenvalue weighted by molar-refractivity contribution is 7.14. The quantitative estimate of drug-likeness (QED) is 0.735. The van der Waals surface area contributed by atoms with Crippen molar-refractivity contribution in [1.29, 1.82) is 5.26 Å². The number of amides is 2. The van der Waals surface area contributed by atoms with Crippen LogP contribution in [0.4, 0.5) is 10.7 Å². The van der Waals surface area contributed by atoms with E-state index in [0.29, 0.717) is 29.2 Å². The highest BCUT2D eigenvalue weighted by Gasteiger charge is 2.16. The van der Waals surface area contributed by atoms with E-state index in [0.717, 1.165) is 11.3 Å². The number of ether oxygens (including phenoxy) is 2. The molecule has 0 saturated heterocycles. The fourth-order valence-electron chi connectivity index (χ4n) is 2.44. The van der Waals surface area contributed by atoms with Crippen LogP contribution in [0.3, 0.4) is 0 Å². The summed E-state index contributed by atoms with van der Waals surface area (Å²) in [6, 6.07) is 8.66. The second kappa shape index (κ2) is 8.33. The zero-order chi connectivity index (χ0) is 19.2. The van der Waals surface area contributed by atoms with E-state index in [-0.39, 0.29) is 12.5 Å². The summed E-state index contributed by atoms with van der Waals surface area (Å²) < 4.78 is 10.2. The lowest BCUT2D eigenvalue weighted by atomic mass is 10.0. The molecular formula is C18H15N3O5S. The predicted molar refractivity (Wildman–Crippen MR) is 97.5 cm³/mol. The Morgan fingerprint density at radius 2 is 2.11 bits per heavy atom. The third kappa shape index (κ3) is 4.83. The minimum Gasteiger partial charge on any atom is -0.482 e. The highest BCUT2D eigenvalue weighted by Crippen LogP contribution is 2.26. The lowest BCUT2D eigenvalue weighted by Gasteiger charge is -2.17. The molecule has 2 N–H and O–H groups in total. The molecule has 2 aromatic rings. The molecule has 1 aliphatic heterocycles. The average Bonchev–Trinajstić information content (AvgIpc) is 3.11. The number of rotatable bonds is 6. The predicted octanol–water partition coefficient (Wildman–Crippen LogP) is 2.07. The van der Waals surface area contributed by atoms with Gasteiger partial charge in [-0.25, -0.2) is 4.79 Å². The van der Waals surface area contributed by atoms with Crippen molar-refractivity contribution in [3.8, 4) is 11.8 Å². The summed E-state index contributed by atoms with van der Waals surface area (Å²) >= 11 is 1.21. The van der Waals surface area contributed by atoms with E-state index in [1.165, 1.54) is 11.3 Å². The molecule has 0 unspecified atom stereocenters. The molecule has 2 amide bonds. The van der Waals surface area contributed by atoms with Crippen molar-refractivity contribution in [3.63, 3.8) is 0 Å². The van der Waals surface area contributed by atoms with Crippen molar-refractivity contribution < 1.29 is 23.9 Å². The molecule has 1 aromatic carbocycles. The molecule has 0 aliphatic carbocycles. The number of fused-ring (bicyclic) bond motifs is 1. The van der Waals surface area contributed by atoms with Crippen molar-refractivity contribution in [3.05, 3.63) is 40.8 Å². The summed E-state index contributed by atoms with van der Waals surface area (Å²) in [4.78, 5) is 34.9. The number of carbonyl (C=O) groups is 3. The first kappa shape index (κ1) is 18.4. The molecule has 1 aromatic heterocycles. The zero-order valence-electron chi connectivity index (χ0n) is 14.1.